The number of hydrogen-bond donors (Lipinski definition) is 0. The highest BCUT2D eigenvalue weighted by atomic mass is 15.2. The van der Waals surface area contributed by atoms with Crippen LogP contribution in [-0.4, -0.2) is 9.97 Å². The van der Waals surface area contributed by atoms with Crippen molar-refractivity contribution in [2.75, 3.05) is 4.90 Å². The molecular formula is C20H15N3. The summed E-state index contributed by atoms with van der Waals surface area (Å²) in [6.07, 6.45) is 1.86. The van der Waals surface area contributed by atoms with Gasteiger partial charge in [0.1, 0.15) is 0 Å². The maximum Gasteiger partial charge on any atom is 0.0734 e. The summed E-state index contributed by atoms with van der Waals surface area (Å²) >= 11 is 0. The molecule has 0 unspecified atom stereocenters. The Morgan fingerprint density at radius 1 is 0.870 bits per heavy atom. The SMILES string of the molecule is c1ccc(CN2Cc3c4ccccc4nc4cccc2c34)nc1. The quantitative estimate of drug-likeness (QED) is 0.516. The van der Waals surface area contributed by atoms with E-state index < -0.39 is 0 Å². The van der Waals surface area contributed by atoms with Gasteiger partial charge in [-0.3, -0.25) is 4.98 Å². The van der Waals surface area contributed by atoms with Crippen molar-refractivity contribution in [3.8, 4) is 0 Å². The molecule has 1 aliphatic rings. The van der Waals surface area contributed by atoms with Crippen LogP contribution in [0, 0.1) is 0 Å². The second kappa shape index (κ2) is 4.78. The minimum atomic E-state index is 0.822. The van der Waals surface area contributed by atoms with Gasteiger partial charge in [0.05, 0.1) is 23.3 Å². The molecule has 0 saturated carbocycles. The van der Waals surface area contributed by atoms with E-state index in [2.05, 4.69) is 58.4 Å². The molecule has 0 radical (unpaired) electrons. The molecule has 4 aromatic rings. The van der Waals surface area contributed by atoms with E-state index in [1.165, 1.54) is 22.0 Å². The molecule has 0 N–H and O–H groups in total. The monoisotopic (exact) mass is 297 g/mol. The molecule has 2 aromatic heterocycles. The Morgan fingerprint density at radius 2 is 1.74 bits per heavy atom. The number of nitrogens with zero attached hydrogens (tertiary/aromatic N) is 3. The zero-order chi connectivity index (χ0) is 15.2. The zero-order valence-electron chi connectivity index (χ0n) is 12.6. The van der Waals surface area contributed by atoms with Gasteiger partial charge in [-0.2, -0.15) is 0 Å². The largest absolute Gasteiger partial charge is 0.361 e. The molecule has 3 heteroatoms. The Morgan fingerprint density at radius 3 is 2.65 bits per heavy atom. The summed E-state index contributed by atoms with van der Waals surface area (Å²) in [6.45, 7) is 1.73. The molecule has 0 saturated heterocycles. The molecule has 0 bridgehead atoms. The lowest BCUT2D eigenvalue weighted by Crippen LogP contribution is -2.18. The first kappa shape index (κ1) is 12.6. The normalized spacial score (nSPS) is 13.1. The van der Waals surface area contributed by atoms with Crippen LogP contribution in [-0.2, 0) is 13.1 Å². The summed E-state index contributed by atoms with van der Waals surface area (Å²) in [5.74, 6) is 0. The fourth-order valence-corrected chi connectivity index (χ4v) is 3.55. The second-order valence-corrected chi connectivity index (χ2v) is 5.96. The van der Waals surface area contributed by atoms with E-state index in [4.69, 9.17) is 4.98 Å². The molecule has 0 amide bonds. The number of rotatable bonds is 2. The van der Waals surface area contributed by atoms with Crippen LogP contribution in [0.5, 0.6) is 0 Å². The predicted molar refractivity (Wildman–Crippen MR) is 93.4 cm³/mol. The average molecular weight is 297 g/mol. The van der Waals surface area contributed by atoms with Crippen molar-refractivity contribution in [2.45, 2.75) is 13.1 Å². The Balaban J connectivity index is 1.70. The number of pyridine rings is 2. The first-order valence-electron chi connectivity index (χ1n) is 7.85. The Labute approximate surface area is 134 Å². The minimum Gasteiger partial charge on any atom is -0.361 e. The predicted octanol–water partition coefficient (Wildman–Crippen LogP) is 4.30. The van der Waals surface area contributed by atoms with Crippen LogP contribution in [0.1, 0.15) is 11.3 Å². The average Bonchev–Trinajstić information content (AvgIpc) is 2.97. The van der Waals surface area contributed by atoms with Gasteiger partial charge >= 0.3 is 0 Å². The summed E-state index contributed by atoms with van der Waals surface area (Å²) in [6, 6.07) is 20.9. The number of hydrogen-bond acceptors (Lipinski definition) is 3. The van der Waals surface area contributed by atoms with Gasteiger partial charge in [0.15, 0.2) is 0 Å². The Hall–Kier alpha value is -2.94. The molecule has 23 heavy (non-hydrogen) atoms. The molecule has 0 aliphatic carbocycles. The van der Waals surface area contributed by atoms with E-state index in [1.807, 2.05) is 18.3 Å². The lowest BCUT2D eigenvalue weighted by molar-refractivity contribution is 0.808. The van der Waals surface area contributed by atoms with Crippen molar-refractivity contribution in [2.24, 2.45) is 0 Å². The van der Waals surface area contributed by atoms with Gasteiger partial charge in [-0.05, 0) is 35.9 Å². The van der Waals surface area contributed by atoms with Crippen molar-refractivity contribution in [3.05, 3.63) is 78.1 Å². The van der Waals surface area contributed by atoms with Crippen LogP contribution in [0.15, 0.2) is 66.9 Å². The highest BCUT2D eigenvalue weighted by Crippen LogP contribution is 2.40. The smallest absolute Gasteiger partial charge is 0.0734 e. The Bertz CT molecular complexity index is 1020. The molecule has 2 aromatic carbocycles. The standard InChI is InChI=1S/C20H15N3/c1-2-8-17-15(7-1)16-13-23(12-14-6-3-4-11-21-14)19-10-5-9-18(22-17)20(16)19/h1-11H,12-13H2. The van der Waals surface area contributed by atoms with Gasteiger partial charge in [0, 0.05) is 29.2 Å². The molecule has 3 heterocycles. The third-order valence-corrected chi connectivity index (χ3v) is 4.56. The van der Waals surface area contributed by atoms with Gasteiger partial charge in [0.25, 0.3) is 0 Å². The van der Waals surface area contributed by atoms with E-state index >= 15 is 0 Å². The number of fused-ring (bicyclic) bond motifs is 2. The van der Waals surface area contributed by atoms with Crippen LogP contribution in [0.25, 0.3) is 21.8 Å². The van der Waals surface area contributed by atoms with E-state index in [0.717, 1.165) is 29.8 Å². The fraction of sp³-hybridized carbons (Fsp3) is 0.100. The number of benzene rings is 2. The molecule has 0 spiro atoms. The van der Waals surface area contributed by atoms with E-state index in [9.17, 15) is 0 Å². The number of aromatic nitrogens is 2. The van der Waals surface area contributed by atoms with Crippen molar-refractivity contribution < 1.29 is 0 Å². The molecule has 0 atom stereocenters. The van der Waals surface area contributed by atoms with E-state index in [1.54, 1.807) is 0 Å². The van der Waals surface area contributed by atoms with Crippen molar-refractivity contribution in [3.63, 3.8) is 0 Å². The van der Waals surface area contributed by atoms with Crippen LogP contribution in [0.4, 0.5) is 5.69 Å². The summed E-state index contributed by atoms with van der Waals surface area (Å²) in [5.41, 5.74) is 5.90. The van der Waals surface area contributed by atoms with Crippen molar-refractivity contribution in [1.29, 1.82) is 0 Å². The van der Waals surface area contributed by atoms with Gasteiger partial charge in [-0.15, -0.1) is 0 Å². The summed E-state index contributed by atoms with van der Waals surface area (Å²) in [5, 5.41) is 2.55. The van der Waals surface area contributed by atoms with E-state index in [-0.39, 0.29) is 0 Å². The van der Waals surface area contributed by atoms with Crippen LogP contribution < -0.4 is 4.90 Å². The highest BCUT2D eigenvalue weighted by molar-refractivity contribution is 6.06. The first-order valence-corrected chi connectivity index (χ1v) is 7.85. The Kier molecular flexibility index (Phi) is 2.62. The topological polar surface area (TPSA) is 29.0 Å². The van der Waals surface area contributed by atoms with Crippen LogP contribution >= 0.6 is 0 Å². The summed E-state index contributed by atoms with van der Waals surface area (Å²) in [7, 11) is 0. The molecule has 5 rings (SSSR count). The second-order valence-electron chi connectivity index (χ2n) is 5.96. The first-order chi connectivity index (χ1) is 11.4. The van der Waals surface area contributed by atoms with E-state index in [0.29, 0.717) is 0 Å². The summed E-state index contributed by atoms with van der Waals surface area (Å²) in [4.78, 5) is 11.7. The molecular weight excluding hydrogens is 282 g/mol. The van der Waals surface area contributed by atoms with Gasteiger partial charge < -0.3 is 4.90 Å². The van der Waals surface area contributed by atoms with Crippen LogP contribution in [0.3, 0.4) is 0 Å². The number of para-hydroxylation sites is 1. The van der Waals surface area contributed by atoms with Gasteiger partial charge in [-0.1, -0.05) is 30.3 Å². The highest BCUT2D eigenvalue weighted by Gasteiger charge is 2.24. The number of anilines is 1. The lowest BCUT2D eigenvalue weighted by Gasteiger charge is -2.18. The molecule has 1 aliphatic heterocycles. The van der Waals surface area contributed by atoms with Crippen LogP contribution in [0.2, 0.25) is 0 Å². The molecule has 3 nitrogen and oxygen atoms in total. The van der Waals surface area contributed by atoms with Crippen molar-refractivity contribution in [1.82, 2.24) is 9.97 Å². The van der Waals surface area contributed by atoms with Gasteiger partial charge in [-0.25, -0.2) is 4.98 Å². The maximum absolute atomic E-state index is 4.84. The van der Waals surface area contributed by atoms with Gasteiger partial charge in [0.2, 0.25) is 0 Å². The van der Waals surface area contributed by atoms with Crippen molar-refractivity contribution >= 4 is 27.5 Å². The molecule has 110 valence electrons. The third kappa shape index (κ3) is 1.90. The summed E-state index contributed by atoms with van der Waals surface area (Å²) < 4.78 is 0. The fourth-order valence-electron chi connectivity index (χ4n) is 3.55. The molecule has 0 fully saturated rings. The zero-order valence-corrected chi connectivity index (χ0v) is 12.6. The lowest BCUT2D eigenvalue weighted by atomic mass is 10.0. The third-order valence-electron chi connectivity index (χ3n) is 4.56. The minimum absolute atomic E-state index is 0.822. The maximum atomic E-state index is 4.84.